The van der Waals surface area contributed by atoms with E-state index in [1.807, 2.05) is 0 Å². The van der Waals surface area contributed by atoms with E-state index in [-0.39, 0.29) is 12.5 Å². The maximum absolute atomic E-state index is 11.6. The summed E-state index contributed by atoms with van der Waals surface area (Å²) in [4.78, 5) is 11.6. The van der Waals surface area contributed by atoms with E-state index in [9.17, 15) is 4.79 Å². The van der Waals surface area contributed by atoms with Crippen LogP contribution in [-0.4, -0.2) is 25.5 Å². The van der Waals surface area contributed by atoms with Crippen molar-refractivity contribution in [3.63, 3.8) is 0 Å². The van der Waals surface area contributed by atoms with E-state index in [1.54, 1.807) is 30.2 Å². The average Bonchev–Trinajstić information content (AvgIpc) is 2.77. The van der Waals surface area contributed by atoms with Gasteiger partial charge >= 0.3 is 0 Å². The molecule has 0 radical (unpaired) electrons. The summed E-state index contributed by atoms with van der Waals surface area (Å²) in [6, 6.07) is 1.72. The monoisotopic (exact) mass is 220 g/mol. The summed E-state index contributed by atoms with van der Waals surface area (Å²) in [7, 11) is 1.75. The van der Waals surface area contributed by atoms with Gasteiger partial charge < -0.3 is 11.1 Å². The van der Waals surface area contributed by atoms with Crippen LogP contribution in [0.25, 0.3) is 0 Å². The molecular weight excluding hydrogens is 208 g/mol. The molecule has 0 saturated heterocycles. The van der Waals surface area contributed by atoms with Gasteiger partial charge in [0.05, 0.1) is 18.1 Å². The van der Waals surface area contributed by atoms with Gasteiger partial charge in [-0.05, 0) is 0 Å². The third-order valence-electron chi connectivity index (χ3n) is 2.05. The molecule has 16 heavy (non-hydrogen) atoms. The molecule has 0 aromatic carbocycles. The van der Waals surface area contributed by atoms with Gasteiger partial charge in [0.1, 0.15) is 12.4 Å². The van der Waals surface area contributed by atoms with Crippen LogP contribution < -0.4 is 11.1 Å². The number of aryl methyl sites for hydroxylation is 1. The number of carbonyl (C=O) groups is 1. The second kappa shape index (κ2) is 4.05. The van der Waals surface area contributed by atoms with Crippen LogP contribution in [0.2, 0.25) is 0 Å². The Kier molecular flexibility index (Phi) is 2.59. The standard InChI is InChI=1S/C9H12N6O/c1-14-8(2-3-11-14)13-9(16)6-15-5-7(10)4-12-15/h2-5H,6,10H2,1H3,(H,13,16). The Morgan fingerprint density at radius 3 is 2.94 bits per heavy atom. The zero-order valence-electron chi connectivity index (χ0n) is 8.79. The fourth-order valence-corrected chi connectivity index (χ4v) is 1.29. The number of aromatic nitrogens is 4. The lowest BCUT2D eigenvalue weighted by atomic mass is 10.5. The van der Waals surface area contributed by atoms with E-state index in [2.05, 4.69) is 15.5 Å². The smallest absolute Gasteiger partial charge is 0.247 e. The second-order valence-corrected chi connectivity index (χ2v) is 3.36. The van der Waals surface area contributed by atoms with E-state index < -0.39 is 0 Å². The van der Waals surface area contributed by atoms with Crippen molar-refractivity contribution in [3.05, 3.63) is 24.7 Å². The van der Waals surface area contributed by atoms with Crippen LogP contribution in [0.5, 0.6) is 0 Å². The third-order valence-corrected chi connectivity index (χ3v) is 2.05. The summed E-state index contributed by atoms with van der Waals surface area (Å²) in [6.45, 7) is 0.127. The Hall–Kier alpha value is -2.31. The number of nitrogens with zero attached hydrogens (tertiary/aromatic N) is 4. The number of anilines is 2. The quantitative estimate of drug-likeness (QED) is 0.751. The van der Waals surface area contributed by atoms with Crippen LogP contribution >= 0.6 is 0 Å². The highest BCUT2D eigenvalue weighted by atomic mass is 16.2. The normalized spacial score (nSPS) is 10.3. The number of amides is 1. The Labute approximate surface area is 91.8 Å². The maximum Gasteiger partial charge on any atom is 0.247 e. The highest BCUT2D eigenvalue weighted by Gasteiger charge is 2.06. The first-order valence-electron chi connectivity index (χ1n) is 4.71. The second-order valence-electron chi connectivity index (χ2n) is 3.36. The predicted octanol–water partition coefficient (Wildman–Crippen LogP) is -0.163. The van der Waals surface area contributed by atoms with Crippen molar-refractivity contribution < 1.29 is 4.79 Å². The number of nitrogen functional groups attached to an aromatic ring is 1. The molecule has 0 saturated carbocycles. The molecular formula is C9H12N6O. The van der Waals surface area contributed by atoms with Gasteiger partial charge in [-0.2, -0.15) is 10.2 Å². The SMILES string of the molecule is Cn1nccc1NC(=O)Cn1cc(N)cn1. The third kappa shape index (κ3) is 2.19. The molecule has 0 aliphatic carbocycles. The van der Waals surface area contributed by atoms with E-state index in [1.165, 1.54) is 10.9 Å². The van der Waals surface area contributed by atoms with Gasteiger partial charge in [0, 0.05) is 19.3 Å². The molecule has 2 heterocycles. The molecule has 7 nitrogen and oxygen atoms in total. The Morgan fingerprint density at radius 1 is 1.56 bits per heavy atom. The number of carbonyl (C=O) groups excluding carboxylic acids is 1. The van der Waals surface area contributed by atoms with E-state index in [0.717, 1.165) is 0 Å². The Bertz CT molecular complexity index is 500. The highest BCUT2D eigenvalue weighted by Crippen LogP contribution is 2.04. The van der Waals surface area contributed by atoms with Crippen molar-refractivity contribution in [2.24, 2.45) is 7.05 Å². The first kappa shape index (κ1) is 10.2. The van der Waals surface area contributed by atoms with Crippen LogP contribution in [0.3, 0.4) is 0 Å². The van der Waals surface area contributed by atoms with Crippen LogP contribution in [-0.2, 0) is 18.4 Å². The van der Waals surface area contributed by atoms with Crippen LogP contribution in [0.15, 0.2) is 24.7 Å². The molecule has 2 aromatic rings. The molecule has 0 aliphatic rings. The van der Waals surface area contributed by atoms with Crippen LogP contribution in [0, 0.1) is 0 Å². The topological polar surface area (TPSA) is 90.8 Å². The number of hydrogen-bond acceptors (Lipinski definition) is 4. The van der Waals surface area contributed by atoms with Gasteiger partial charge in [0.15, 0.2) is 0 Å². The maximum atomic E-state index is 11.6. The molecule has 0 bridgehead atoms. The fourth-order valence-electron chi connectivity index (χ4n) is 1.29. The summed E-state index contributed by atoms with van der Waals surface area (Å²) in [6.07, 6.45) is 4.71. The molecule has 0 spiro atoms. The molecule has 1 amide bonds. The molecule has 3 N–H and O–H groups in total. The van der Waals surface area contributed by atoms with Gasteiger partial charge in [0.25, 0.3) is 0 Å². The minimum Gasteiger partial charge on any atom is -0.396 e. The molecule has 84 valence electrons. The molecule has 0 unspecified atom stereocenters. The first-order chi connectivity index (χ1) is 7.65. The first-order valence-corrected chi connectivity index (χ1v) is 4.71. The Morgan fingerprint density at radius 2 is 2.38 bits per heavy atom. The number of nitrogens with one attached hydrogen (secondary N) is 1. The van der Waals surface area contributed by atoms with Gasteiger partial charge in [-0.15, -0.1) is 0 Å². The largest absolute Gasteiger partial charge is 0.396 e. The summed E-state index contributed by atoms with van der Waals surface area (Å²) >= 11 is 0. The minimum atomic E-state index is -0.174. The molecule has 2 aromatic heterocycles. The van der Waals surface area contributed by atoms with Crippen molar-refractivity contribution in [2.45, 2.75) is 6.54 Å². The van der Waals surface area contributed by atoms with Gasteiger partial charge in [0.2, 0.25) is 5.91 Å². The zero-order chi connectivity index (χ0) is 11.5. The summed E-state index contributed by atoms with van der Waals surface area (Å²) in [5.74, 6) is 0.469. The fraction of sp³-hybridized carbons (Fsp3) is 0.222. The molecule has 0 fully saturated rings. The van der Waals surface area contributed by atoms with Gasteiger partial charge in [-0.1, -0.05) is 0 Å². The lowest BCUT2D eigenvalue weighted by Gasteiger charge is -2.04. The molecule has 7 heteroatoms. The van der Waals surface area contributed by atoms with Crippen molar-refractivity contribution in [2.75, 3.05) is 11.1 Å². The van der Waals surface area contributed by atoms with Crippen LogP contribution in [0.1, 0.15) is 0 Å². The number of hydrogen-bond donors (Lipinski definition) is 2. The van der Waals surface area contributed by atoms with Gasteiger partial charge in [-0.25, -0.2) is 0 Å². The lowest BCUT2D eigenvalue weighted by Crippen LogP contribution is -2.20. The van der Waals surface area contributed by atoms with E-state index >= 15 is 0 Å². The van der Waals surface area contributed by atoms with Crippen LogP contribution in [0.4, 0.5) is 11.5 Å². The van der Waals surface area contributed by atoms with E-state index in [0.29, 0.717) is 11.5 Å². The lowest BCUT2D eigenvalue weighted by molar-refractivity contribution is -0.116. The average molecular weight is 220 g/mol. The Balaban J connectivity index is 1.97. The zero-order valence-corrected chi connectivity index (χ0v) is 8.79. The van der Waals surface area contributed by atoms with Crippen molar-refractivity contribution >= 4 is 17.4 Å². The summed E-state index contributed by atoms with van der Waals surface area (Å²) in [5, 5.41) is 10.6. The van der Waals surface area contributed by atoms with E-state index in [4.69, 9.17) is 5.73 Å². The molecule has 0 aliphatic heterocycles. The minimum absolute atomic E-state index is 0.127. The van der Waals surface area contributed by atoms with Crippen molar-refractivity contribution in [1.82, 2.24) is 19.6 Å². The molecule has 2 rings (SSSR count). The van der Waals surface area contributed by atoms with Gasteiger partial charge in [-0.3, -0.25) is 14.2 Å². The highest BCUT2D eigenvalue weighted by molar-refractivity contribution is 5.89. The number of rotatable bonds is 3. The van der Waals surface area contributed by atoms with Crippen molar-refractivity contribution in [1.29, 1.82) is 0 Å². The van der Waals surface area contributed by atoms with Crippen molar-refractivity contribution in [3.8, 4) is 0 Å². The summed E-state index contributed by atoms with van der Waals surface area (Å²) < 4.78 is 3.05. The molecule has 0 atom stereocenters. The predicted molar refractivity (Wildman–Crippen MR) is 58.5 cm³/mol. The number of nitrogens with two attached hydrogens (primary N) is 1. The summed E-state index contributed by atoms with van der Waals surface area (Å²) in [5.41, 5.74) is 6.02.